The molecule has 2 N–H and O–H groups in total. The Morgan fingerprint density at radius 3 is 3.05 bits per heavy atom. The average molecular weight is 322 g/mol. The molecule has 1 saturated heterocycles. The summed E-state index contributed by atoms with van der Waals surface area (Å²) in [5, 5.41) is 6.23. The largest absolute Gasteiger partial charge is 0.468 e. The first-order chi connectivity index (χ1) is 10.7. The van der Waals surface area contributed by atoms with Gasteiger partial charge in [0.2, 0.25) is 5.91 Å². The fourth-order valence-corrected chi connectivity index (χ4v) is 3.17. The molecule has 1 aliphatic rings. The number of esters is 1. The minimum atomic E-state index is -0.223. The minimum absolute atomic E-state index is 0.0473. The van der Waals surface area contributed by atoms with Gasteiger partial charge in [-0.3, -0.25) is 9.59 Å². The van der Waals surface area contributed by atoms with Gasteiger partial charge in [-0.25, -0.2) is 0 Å². The van der Waals surface area contributed by atoms with E-state index >= 15 is 0 Å². The smallest absolute Gasteiger partial charge is 0.315 e. The third-order valence-corrected chi connectivity index (χ3v) is 4.56. The van der Waals surface area contributed by atoms with Gasteiger partial charge in [0.05, 0.1) is 18.8 Å². The van der Waals surface area contributed by atoms with Gasteiger partial charge in [0.15, 0.2) is 0 Å². The van der Waals surface area contributed by atoms with Crippen LogP contribution >= 0.6 is 11.8 Å². The van der Waals surface area contributed by atoms with E-state index in [1.807, 2.05) is 24.3 Å². The lowest BCUT2D eigenvalue weighted by Gasteiger charge is -2.22. The lowest BCUT2D eigenvalue weighted by molar-refractivity contribution is -0.137. The Morgan fingerprint density at radius 2 is 2.32 bits per heavy atom. The molecule has 0 radical (unpaired) electrons. The first kappa shape index (κ1) is 16.8. The molecule has 0 aromatic heterocycles. The summed E-state index contributed by atoms with van der Waals surface area (Å²) in [5.41, 5.74) is 1.89. The number of benzene rings is 1. The fourth-order valence-electron chi connectivity index (χ4n) is 2.37. The number of methoxy groups -OCH3 is 1. The van der Waals surface area contributed by atoms with Crippen molar-refractivity contribution in [3.63, 3.8) is 0 Å². The lowest BCUT2D eigenvalue weighted by atomic mass is 9.99. The van der Waals surface area contributed by atoms with Crippen molar-refractivity contribution in [2.75, 3.05) is 31.3 Å². The Labute approximate surface area is 135 Å². The summed E-state index contributed by atoms with van der Waals surface area (Å²) in [7, 11) is 1.39. The van der Waals surface area contributed by atoms with E-state index in [1.165, 1.54) is 18.9 Å². The van der Waals surface area contributed by atoms with E-state index in [1.54, 1.807) is 0 Å². The summed E-state index contributed by atoms with van der Waals surface area (Å²) in [6.07, 6.45) is 1.98. The second-order valence-corrected chi connectivity index (χ2v) is 6.29. The van der Waals surface area contributed by atoms with Crippen LogP contribution in [0.15, 0.2) is 24.3 Å². The maximum Gasteiger partial charge on any atom is 0.315 e. The van der Waals surface area contributed by atoms with Gasteiger partial charge < -0.3 is 15.4 Å². The molecule has 1 unspecified atom stereocenters. The number of rotatable bonds is 6. The highest BCUT2D eigenvalue weighted by molar-refractivity contribution is 7.99. The number of nitrogens with one attached hydrogen (secondary N) is 2. The van der Waals surface area contributed by atoms with Gasteiger partial charge in [-0.05, 0) is 37.1 Å². The van der Waals surface area contributed by atoms with Crippen molar-refractivity contribution in [1.29, 1.82) is 0 Å². The Morgan fingerprint density at radius 1 is 1.45 bits per heavy atom. The molecule has 1 heterocycles. The Balaban J connectivity index is 1.85. The molecule has 0 saturated carbocycles. The Hall–Kier alpha value is -1.53. The monoisotopic (exact) mass is 322 g/mol. The highest BCUT2D eigenvalue weighted by Crippen LogP contribution is 2.18. The topological polar surface area (TPSA) is 67.4 Å². The molecule has 1 aromatic carbocycles. The predicted octanol–water partition coefficient (Wildman–Crippen LogP) is 2.03. The first-order valence-electron chi connectivity index (χ1n) is 7.44. The lowest BCUT2D eigenvalue weighted by Crippen LogP contribution is -2.37. The van der Waals surface area contributed by atoms with Crippen molar-refractivity contribution in [1.82, 2.24) is 5.32 Å². The van der Waals surface area contributed by atoms with E-state index in [9.17, 15) is 9.59 Å². The maximum atomic E-state index is 12.2. The maximum absolute atomic E-state index is 12.2. The molecular formula is C16H22N2O3S. The van der Waals surface area contributed by atoms with Crippen molar-refractivity contribution >= 4 is 29.3 Å². The molecular weight excluding hydrogens is 300 g/mol. The third kappa shape index (κ3) is 5.35. The molecule has 1 aliphatic heterocycles. The van der Waals surface area contributed by atoms with Crippen LogP contribution in [0, 0.1) is 5.92 Å². The summed E-state index contributed by atoms with van der Waals surface area (Å²) >= 11 is 1.50. The van der Waals surface area contributed by atoms with Crippen LogP contribution in [0.5, 0.6) is 0 Å². The molecule has 0 spiro atoms. The Bertz CT molecular complexity index is 516. The molecule has 120 valence electrons. The van der Waals surface area contributed by atoms with Crippen molar-refractivity contribution < 1.29 is 14.3 Å². The normalized spacial score (nSPS) is 17.8. The number of amides is 1. The second kappa shape index (κ2) is 8.80. The molecule has 22 heavy (non-hydrogen) atoms. The van der Waals surface area contributed by atoms with E-state index in [2.05, 4.69) is 15.4 Å². The fraction of sp³-hybridized carbons (Fsp3) is 0.500. The van der Waals surface area contributed by atoms with Crippen LogP contribution in [0.3, 0.4) is 0 Å². The van der Waals surface area contributed by atoms with Crippen molar-refractivity contribution in [2.24, 2.45) is 5.92 Å². The van der Waals surface area contributed by atoms with Crippen LogP contribution in [0.25, 0.3) is 0 Å². The highest BCUT2D eigenvalue weighted by Gasteiger charge is 2.20. The molecule has 1 amide bonds. The molecule has 0 bridgehead atoms. The summed E-state index contributed by atoms with van der Waals surface area (Å²) in [6.45, 7) is 1.75. The third-order valence-electron chi connectivity index (χ3n) is 3.58. The van der Waals surface area contributed by atoms with E-state index in [4.69, 9.17) is 0 Å². The quantitative estimate of drug-likeness (QED) is 0.785. The van der Waals surface area contributed by atoms with Gasteiger partial charge in [-0.2, -0.15) is 0 Å². The summed E-state index contributed by atoms with van der Waals surface area (Å²) < 4.78 is 4.61. The Kier molecular flexibility index (Phi) is 6.74. The zero-order valence-corrected chi connectivity index (χ0v) is 13.6. The predicted molar refractivity (Wildman–Crippen MR) is 88.8 cm³/mol. The zero-order valence-electron chi connectivity index (χ0n) is 12.8. The number of anilines is 1. The van der Waals surface area contributed by atoms with Crippen LogP contribution in [-0.4, -0.2) is 37.8 Å². The number of carbonyl (C=O) groups excluding carboxylic acids is 2. The SMILES string of the molecule is COC(=O)CSCc1cccc(NC(=O)C2CCCNC2)c1. The number of piperidine rings is 1. The van der Waals surface area contributed by atoms with Gasteiger partial charge in [0.25, 0.3) is 0 Å². The molecule has 1 aromatic rings. The van der Waals surface area contributed by atoms with Gasteiger partial charge in [0, 0.05) is 18.0 Å². The molecule has 6 heteroatoms. The summed E-state index contributed by atoms with van der Waals surface area (Å²) in [6, 6.07) is 7.76. The van der Waals surface area contributed by atoms with E-state index in [-0.39, 0.29) is 17.8 Å². The molecule has 2 rings (SSSR count). The van der Waals surface area contributed by atoms with Gasteiger partial charge in [0.1, 0.15) is 0 Å². The van der Waals surface area contributed by atoms with E-state index in [0.29, 0.717) is 11.5 Å². The number of hydrogen-bond donors (Lipinski definition) is 2. The minimum Gasteiger partial charge on any atom is -0.468 e. The van der Waals surface area contributed by atoms with Gasteiger partial charge in [-0.15, -0.1) is 11.8 Å². The van der Waals surface area contributed by atoms with E-state index < -0.39 is 0 Å². The van der Waals surface area contributed by atoms with Crippen LogP contribution in [0.4, 0.5) is 5.69 Å². The standard InChI is InChI=1S/C16H22N2O3S/c1-21-15(19)11-22-10-12-4-2-6-14(8-12)18-16(20)13-5-3-7-17-9-13/h2,4,6,8,13,17H,3,5,7,9-11H2,1H3,(H,18,20). The zero-order chi connectivity index (χ0) is 15.8. The first-order valence-corrected chi connectivity index (χ1v) is 8.59. The van der Waals surface area contributed by atoms with Crippen molar-refractivity contribution in [2.45, 2.75) is 18.6 Å². The number of carbonyl (C=O) groups is 2. The van der Waals surface area contributed by atoms with Crippen LogP contribution in [0.2, 0.25) is 0 Å². The highest BCUT2D eigenvalue weighted by atomic mass is 32.2. The summed E-state index contributed by atoms with van der Waals surface area (Å²) in [4.78, 5) is 23.3. The molecule has 1 fully saturated rings. The number of thioether (sulfide) groups is 1. The van der Waals surface area contributed by atoms with E-state index in [0.717, 1.165) is 37.2 Å². The second-order valence-electron chi connectivity index (χ2n) is 5.30. The summed E-state index contributed by atoms with van der Waals surface area (Å²) in [5.74, 6) is 0.946. The molecule has 5 nitrogen and oxygen atoms in total. The molecule has 0 aliphatic carbocycles. The number of hydrogen-bond acceptors (Lipinski definition) is 5. The van der Waals surface area contributed by atoms with Crippen molar-refractivity contribution in [3.8, 4) is 0 Å². The van der Waals surface area contributed by atoms with Gasteiger partial charge >= 0.3 is 5.97 Å². The van der Waals surface area contributed by atoms with Crippen LogP contribution < -0.4 is 10.6 Å². The van der Waals surface area contributed by atoms with Gasteiger partial charge in [-0.1, -0.05) is 12.1 Å². The van der Waals surface area contributed by atoms with Crippen molar-refractivity contribution in [3.05, 3.63) is 29.8 Å². The average Bonchev–Trinajstić information content (AvgIpc) is 2.56. The number of ether oxygens (including phenoxy) is 1. The van der Waals surface area contributed by atoms with Crippen LogP contribution in [0.1, 0.15) is 18.4 Å². The molecule has 1 atom stereocenters. The van der Waals surface area contributed by atoms with Crippen LogP contribution in [-0.2, 0) is 20.1 Å².